The third kappa shape index (κ3) is 8.85. The molecule has 150 valence electrons. The van der Waals surface area contributed by atoms with Crippen LogP contribution in [0.4, 0.5) is 0 Å². The van der Waals surface area contributed by atoms with Gasteiger partial charge in [-0.1, -0.05) is 82.2 Å². The van der Waals surface area contributed by atoms with Crippen LogP contribution in [-0.4, -0.2) is 18.7 Å². The minimum Gasteiger partial charge on any atom is -0.494 e. The van der Waals surface area contributed by atoms with Crippen LogP contribution in [0, 0.1) is 0 Å². The molecule has 1 amide bonds. The monoisotopic (exact) mass is 380 g/mol. The van der Waals surface area contributed by atoms with Crippen LogP contribution >= 0.6 is 0 Å². The molecule has 28 heavy (non-hydrogen) atoms. The Bertz CT molecular complexity index is 696. The van der Waals surface area contributed by atoms with Crippen molar-refractivity contribution in [3.63, 3.8) is 0 Å². The number of rotatable bonds is 13. The molecule has 0 radical (unpaired) electrons. The van der Waals surface area contributed by atoms with Gasteiger partial charge in [0.05, 0.1) is 12.8 Å². The number of hydrogen-bond acceptors (Lipinski definition) is 3. The van der Waals surface area contributed by atoms with E-state index < -0.39 is 0 Å². The molecular weight excluding hydrogens is 348 g/mol. The van der Waals surface area contributed by atoms with Crippen LogP contribution in [0.5, 0.6) is 5.75 Å². The number of carbonyl (C=O) groups is 1. The molecule has 0 atom stereocenters. The molecule has 4 heteroatoms. The summed E-state index contributed by atoms with van der Waals surface area (Å²) in [6.07, 6.45) is 11.9. The average molecular weight is 381 g/mol. The summed E-state index contributed by atoms with van der Waals surface area (Å²) in [5.41, 5.74) is 4.04. The fourth-order valence-electron chi connectivity index (χ4n) is 2.90. The molecule has 0 unspecified atom stereocenters. The highest BCUT2D eigenvalue weighted by atomic mass is 16.5. The van der Waals surface area contributed by atoms with Gasteiger partial charge in [-0.2, -0.15) is 5.10 Å². The van der Waals surface area contributed by atoms with Crippen LogP contribution in [0.25, 0.3) is 0 Å². The molecular formula is C24H32N2O2. The van der Waals surface area contributed by atoms with Crippen molar-refractivity contribution in [1.29, 1.82) is 0 Å². The number of hydrogen-bond donors (Lipinski definition) is 1. The molecule has 0 fully saturated rings. The Balaban J connectivity index is 1.61. The normalized spacial score (nSPS) is 10.9. The Morgan fingerprint density at radius 2 is 1.54 bits per heavy atom. The van der Waals surface area contributed by atoms with Crippen molar-refractivity contribution in [2.45, 2.75) is 58.3 Å². The molecule has 0 saturated carbocycles. The van der Waals surface area contributed by atoms with Gasteiger partial charge in [-0.15, -0.1) is 0 Å². The number of nitrogens with zero attached hydrogens (tertiary/aromatic N) is 1. The fourth-order valence-corrected chi connectivity index (χ4v) is 2.90. The van der Waals surface area contributed by atoms with E-state index in [0.717, 1.165) is 24.3 Å². The lowest BCUT2D eigenvalue weighted by atomic mass is 10.1. The van der Waals surface area contributed by atoms with Gasteiger partial charge in [0.25, 0.3) is 5.91 Å². The van der Waals surface area contributed by atoms with E-state index in [1.54, 1.807) is 18.3 Å². The molecule has 2 aromatic carbocycles. The number of hydrazone groups is 1. The highest BCUT2D eigenvalue weighted by Crippen LogP contribution is 2.14. The molecule has 2 aromatic rings. The number of amides is 1. The number of carbonyl (C=O) groups excluding carboxylic acids is 1. The second kappa shape index (κ2) is 13.5. The SMILES string of the molecule is CCCCCCCCCCOc1ccc(C(=O)N/N=C\c2ccccc2)cc1. The van der Waals surface area contributed by atoms with E-state index in [4.69, 9.17) is 4.74 Å². The first-order valence-electron chi connectivity index (χ1n) is 10.4. The first-order chi connectivity index (χ1) is 13.8. The molecule has 0 bridgehead atoms. The predicted molar refractivity (Wildman–Crippen MR) is 116 cm³/mol. The van der Waals surface area contributed by atoms with Crippen molar-refractivity contribution in [1.82, 2.24) is 5.43 Å². The zero-order chi connectivity index (χ0) is 19.9. The lowest BCUT2D eigenvalue weighted by Gasteiger charge is -2.07. The van der Waals surface area contributed by atoms with E-state index in [0.29, 0.717) is 5.56 Å². The van der Waals surface area contributed by atoms with Gasteiger partial charge in [-0.05, 0) is 36.2 Å². The Labute approximate surface area is 169 Å². The number of benzene rings is 2. The summed E-state index contributed by atoms with van der Waals surface area (Å²) < 4.78 is 5.76. The van der Waals surface area contributed by atoms with E-state index in [2.05, 4.69) is 17.5 Å². The maximum Gasteiger partial charge on any atom is 0.271 e. The van der Waals surface area contributed by atoms with Crippen molar-refractivity contribution >= 4 is 12.1 Å². The van der Waals surface area contributed by atoms with Gasteiger partial charge in [0, 0.05) is 5.56 Å². The van der Waals surface area contributed by atoms with Crippen molar-refractivity contribution in [2.24, 2.45) is 5.10 Å². The predicted octanol–water partition coefficient (Wildman–Crippen LogP) is 5.97. The van der Waals surface area contributed by atoms with Crippen LogP contribution in [-0.2, 0) is 0 Å². The molecule has 0 saturated heterocycles. The summed E-state index contributed by atoms with van der Waals surface area (Å²) >= 11 is 0. The zero-order valence-electron chi connectivity index (χ0n) is 16.9. The van der Waals surface area contributed by atoms with Crippen molar-refractivity contribution < 1.29 is 9.53 Å². The van der Waals surface area contributed by atoms with Gasteiger partial charge in [-0.25, -0.2) is 5.43 Å². The maximum absolute atomic E-state index is 12.1. The summed E-state index contributed by atoms with van der Waals surface area (Å²) in [5, 5.41) is 3.99. The smallest absolute Gasteiger partial charge is 0.271 e. The minimum absolute atomic E-state index is 0.234. The van der Waals surface area contributed by atoms with Crippen molar-refractivity contribution in [3.8, 4) is 5.75 Å². The van der Waals surface area contributed by atoms with Crippen LogP contribution in [0.1, 0.15) is 74.2 Å². The lowest BCUT2D eigenvalue weighted by molar-refractivity contribution is 0.0955. The highest BCUT2D eigenvalue weighted by Gasteiger charge is 2.04. The van der Waals surface area contributed by atoms with E-state index in [9.17, 15) is 4.79 Å². The Morgan fingerprint density at radius 1 is 0.893 bits per heavy atom. The molecule has 2 rings (SSSR count). The van der Waals surface area contributed by atoms with Gasteiger partial charge in [0.15, 0.2) is 0 Å². The van der Waals surface area contributed by atoms with Gasteiger partial charge < -0.3 is 4.74 Å². The third-order valence-electron chi connectivity index (χ3n) is 4.56. The van der Waals surface area contributed by atoms with Crippen LogP contribution in [0.15, 0.2) is 59.7 Å². The van der Waals surface area contributed by atoms with E-state index >= 15 is 0 Å². The highest BCUT2D eigenvalue weighted by molar-refractivity contribution is 5.94. The van der Waals surface area contributed by atoms with Crippen molar-refractivity contribution in [2.75, 3.05) is 6.61 Å². The minimum atomic E-state index is -0.234. The van der Waals surface area contributed by atoms with Crippen LogP contribution < -0.4 is 10.2 Å². The number of unbranched alkanes of at least 4 members (excludes halogenated alkanes) is 7. The quantitative estimate of drug-likeness (QED) is 0.264. The molecule has 1 N–H and O–H groups in total. The Hall–Kier alpha value is -2.62. The summed E-state index contributed by atoms with van der Waals surface area (Å²) in [6, 6.07) is 16.8. The van der Waals surface area contributed by atoms with Gasteiger partial charge >= 0.3 is 0 Å². The second-order valence-electron chi connectivity index (χ2n) is 6.96. The van der Waals surface area contributed by atoms with Crippen LogP contribution in [0.3, 0.4) is 0 Å². The van der Waals surface area contributed by atoms with Gasteiger partial charge in [0.1, 0.15) is 5.75 Å². The molecule has 0 spiro atoms. The topological polar surface area (TPSA) is 50.7 Å². The summed E-state index contributed by atoms with van der Waals surface area (Å²) in [4.78, 5) is 12.1. The fraction of sp³-hybridized carbons (Fsp3) is 0.417. The Morgan fingerprint density at radius 3 is 2.21 bits per heavy atom. The summed E-state index contributed by atoms with van der Waals surface area (Å²) in [7, 11) is 0. The average Bonchev–Trinajstić information content (AvgIpc) is 2.74. The second-order valence-corrected chi connectivity index (χ2v) is 6.96. The molecule has 0 aliphatic heterocycles. The van der Waals surface area contributed by atoms with Crippen molar-refractivity contribution in [3.05, 3.63) is 65.7 Å². The number of nitrogens with one attached hydrogen (secondary N) is 1. The zero-order valence-corrected chi connectivity index (χ0v) is 16.9. The van der Waals surface area contributed by atoms with Crippen LogP contribution in [0.2, 0.25) is 0 Å². The molecule has 0 aliphatic carbocycles. The van der Waals surface area contributed by atoms with E-state index in [-0.39, 0.29) is 5.91 Å². The molecule has 0 aromatic heterocycles. The molecule has 0 heterocycles. The number of ether oxygens (including phenoxy) is 1. The first-order valence-corrected chi connectivity index (χ1v) is 10.4. The van der Waals surface area contributed by atoms with E-state index in [1.807, 2.05) is 42.5 Å². The van der Waals surface area contributed by atoms with E-state index in [1.165, 1.54) is 44.9 Å². The first kappa shape index (κ1) is 21.7. The molecule has 4 nitrogen and oxygen atoms in total. The standard InChI is InChI=1S/C24H32N2O2/c1-2-3-4-5-6-7-8-12-19-28-23-17-15-22(16-18-23)24(27)26-25-20-21-13-10-9-11-14-21/h9-11,13-18,20H,2-8,12,19H2,1H3,(H,26,27)/b25-20-. The summed E-state index contributed by atoms with van der Waals surface area (Å²) in [5.74, 6) is 0.564. The molecule has 0 aliphatic rings. The largest absolute Gasteiger partial charge is 0.494 e. The lowest BCUT2D eigenvalue weighted by Crippen LogP contribution is -2.17. The summed E-state index contributed by atoms with van der Waals surface area (Å²) in [6.45, 7) is 2.97. The maximum atomic E-state index is 12.1. The van der Waals surface area contributed by atoms with Gasteiger partial charge in [0.2, 0.25) is 0 Å². The Kier molecular flexibility index (Phi) is 10.5. The van der Waals surface area contributed by atoms with Gasteiger partial charge in [-0.3, -0.25) is 4.79 Å². The third-order valence-corrected chi connectivity index (χ3v) is 4.56.